The molecule has 2 aromatic heterocycles. The Hall–Kier alpha value is -3.94. The number of halogens is 6. The van der Waals surface area contributed by atoms with Crippen LogP contribution in [0.4, 0.5) is 32.0 Å². The quantitative estimate of drug-likeness (QED) is 0.408. The molecule has 0 saturated heterocycles. The van der Waals surface area contributed by atoms with E-state index >= 15 is 0 Å². The van der Waals surface area contributed by atoms with E-state index in [-0.39, 0.29) is 21.7 Å². The zero-order valence-electron chi connectivity index (χ0n) is 16.4. The van der Waals surface area contributed by atoms with Crippen LogP contribution in [0, 0.1) is 0 Å². The number of aliphatic carboxylic acids is 1. The second-order valence-corrected chi connectivity index (χ2v) is 7.25. The number of carbonyl (C=O) groups excluding carboxylic acids is 1. The fourth-order valence-electron chi connectivity index (χ4n) is 2.41. The Bertz CT molecular complexity index is 1190. The Morgan fingerprint density at radius 2 is 1.53 bits per heavy atom. The van der Waals surface area contributed by atoms with Crippen LogP contribution in [0.1, 0.15) is 24.9 Å². The van der Waals surface area contributed by atoms with E-state index in [1.54, 1.807) is 18.2 Å². The number of thiophene rings is 1. The summed E-state index contributed by atoms with van der Waals surface area (Å²) in [5.74, 6) is -4.89. The maximum absolute atomic E-state index is 13.4. The van der Waals surface area contributed by atoms with Crippen LogP contribution in [-0.4, -0.2) is 39.2 Å². The lowest BCUT2D eigenvalue weighted by Gasteiger charge is -2.07. The van der Waals surface area contributed by atoms with Gasteiger partial charge in [-0.2, -0.15) is 26.3 Å². The van der Waals surface area contributed by atoms with Crippen LogP contribution in [0.15, 0.2) is 54.9 Å². The maximum atomic E-state index is 13.4. The number of rotatable bonds is 4. The number of pyridine rings is 1. The van der Waals surface area contributed by atoms with Crippen molar-refractivity contribution in [1.29, 1.82) is 0 Å². The molecule has 3 aromatic rings. The van der Waals surface area contributed by atoms with Crippen molar-refractivity contribution in [3.05, 3.63) is 70.2 Å². The zero-order valence-corrected chi connectivity index (χ0v) is 17.3. The highest BCUT2D eigenvalue weighted by Crippen LogP contribution is 2.43. The number of hydrogen-bond acceptors (Lipinski definition) is 5. The van der Waals surface area contributed by atoms with Crippen molar-refractivity contribution >= 4 is 34.9 Å². The summed E-state index contributed by atoms with van der Waals surface area (Å²) in [7, 11) is 0. The Balaban J connectivity index is 0.000000509. The molecule has 1 amide bonds. The van der Waals surface area contributed by atoms with Gasteiger partial charge in [-0.3, -0.25) is 9.78 Å². The maximum Gasteiger partial charge on any atom is 0.490 e. The first-order valence-electron chi connectivity index (χ1n) is 8.77. The molecule has 0 unspecified atom stereocenters. The number of aromatic nitrogens is 1. The topological polar surface area (TPSA) is 117 Å². The van der Waals surface area contributed by atoms with Crippen LogP contribution in [0.25, 0.3) is 11.1 Å². The summed E-state index contributed by atoms with van der Waals surface area (Å²) >= 11 is 0.298. The van der Waals surface area contributed by atoms with Gasteiger partial charge in [-0.1, -0.05) is 30.3 Å². The number of carbonyl (C=O) groups is 3. The van der Waals surface area contributed by atoms with Gasteiger partial charge in [0.1, 0.15) is 4.88 Å². The van der Waals surface area contributed by atoms with Gasteiger partial charge >= 0.3 is 24.3 Å². The predicted molar refractivity (Wildman–Crippen MR) is 108 cm³/mol. The minimum absolute atomic E-state index is 0.0989. The number of alkyl halides is 6. The van der Waals surface area contributed by atoms with E-state index < -0.39 is 35.1 Å². The molecule has 0 spiro atoms. The molecule has 180 valence electrons. The molecule has 3 N–H and O–H groups in total. The van der Waals surface area contributed by atoms with Crippen molar-refractivity contribution in [2.75, 3.05) is 5.32 Å². The third kappa shape index (κ3) is 6.78. The lowest BCUT2D eigenvalue weighted by Crippen LogP contribution is -2.21. The van der Waals surface area contributed by atoms with Crippen molar-refractivity contribution in [1.82, 2.24) is 4.98 Å². The second-order valence-electron chi connectivity index (χ2n) is 6.20. The Kier molecular flexibility index (Phi) is 8.00. The lowest BCUT2D eigenvalue weighted by molar-refractivity contribution is -0.192. The van der Waals surface area contributed by atoms with Gasteiger partial charge in [0.05, 0.1) is 22.3 Å². The lowest BCUT2D eigenvalue weighted by atomic mass is 10.1. The van der Waals surface area contributed by atoms with E-state index in [0.29, 0.717) is 16.9 Å². The van der Waals surface area contributed by atoms with Gasteiger partial charge in [-0.05, 0) is 17.7 Å². The minimum Gasteiger partial charge on any atom is -0.478 e. The number of carboxylic acids is 2. The molecule has 0 atom stereocenters. The third-order valence-electron chi connectivity index (χ3n) is 3.84. The van der Waals surface area contributed by atoms with E-state index in [2.05, 4.69) is 10.3 Å². The number of carboxylic acid groups (broad SMARTS) is 2. The average Bonchev–Trinajstić information content (AvgIpc) is 3.21. The van der Waals surface area contributed by atoms with E-state index in [0.717, 1.165) is 12.3 Å². The van der Waals surface area contributed by atoms with Crippen molar-refractivity contribution in [2.45, 2.75) is 12.4 Å². The highest BCUT2D eigenvalue weighted by atomic mass is 32.1. The number of benzene rings is 1. The highest BCUT2D eigenvalue weighted by Gasteiger charge is 2.38. The molecule has 0 bridgehead atoms. The van der Waals surface area contributed by atoms with Gasteiger partial charge in [-0.15, -0.1) is 11.3 Å². The van der Waals surface area contributed by atoms with E-state index in [9.17, 15) is 35.9 Å². The number of aromatic carboxylic acids is 1. The molecule has 1 aromatic carbocycles. The van der Waals surface area contributed by atoms with Crippen molar-refractivity contribution in [3.8, 4) is 11.1 Å². The molecule has 34 heavy (non-hydrogen) atoms. The fraction of sp³-hybridized carbons (Fsp3) is 0.100. The predicted octanol–water partition coefficient (Wildman–Crippen LogP) is 5.41. The van der Waals surface area contributed by atoms with Crippen molar-refractivity contribution in [3.63, 3.8) is 0 Å². The normalized spacial score (nSPS) is 11.2. The number of anilines is 1. The molecule has 7 nitrogen and oxygen atoms in total. The molecular weight excluding hydrogens is 494 g/mol. The fourth-order valence-corrected chi connectivity index (χ4v) is 3.35. The van der Waals surface area contributed by atoms with Crippen LogP contribution < -0.4 is 5.32 Å². The van der Waals surface area contributed by atoms with Crippen LogP contribution in [0.2, 0.25) is 0 Å². The van der Waals surface area contributed by atoms with E-state index in [1.165, 1.54) is 24.4 Å². The summed E-state index contributed by atoms with van der Waals surface area (Å²) in [4.78, 5) is 35.1. The van der Waals surface area contributed by atoms with Gasteiger partial charge in [0, 0.05) is 11.8 Å². The number of amides is 1. The number of nitrogens with zero attached hydrogens (tertiary/aromatic N) is 1. The molecule has 0 fully saturated rings. The molecule has 2 heterocycles. The van der Waals surface area contributed by atoms with Crippen LogP contribution in [0.5, 0.6) is 0 Å². The summed E-state index contributed by atoms with van der Waals surface area (Å²) in [5.41, 5.74) is -0.0944. The number of hydrogen-bond donors (Lipinski definition) is 3. The largest absolute Gasteiger partial charge is 0.490 e. The van der Waals surface area contributed by atoms with Gasteiger partial charge in [0.25, 0.3) is 5.91 Å². The van der Waals surface area contributed by atoms with Crippen molar-refractivity contribution in [2.24, 2.45) is 0 Å². The van der Waals surface area contributed by atoms with Gasteiger partial charge in [0.2, 0.25) is 0 Å². The Labute approximate surface area is 190 Å². The summed E-state index contributed by atoms with van der Waals surface area (Å²) in [5, 5.41) is 18.6. The van der Waals surface area contributed by atoms with Gasteiger partial charge < -0.3 is 15.5 Å². The monoisotopic (exact) mass is 506 g/mol. The summed E-state index contributed by atoms with van der Waals surface area (Å²) in [6.45, 7) is 0. The third-order valence-corrected chi connectivity index (χ3v) is 5.02. The first-order chi connectivity index (χ1) is 15.7. The van der Waals surface area contributed by atoms with E-state index in [4.69, 9.17) is 15.0 Å². The van der Waals surface area contributed by atoms with Crippen molar-refractivity contribution < 1.29 is 50.9 Å². The smallest absolute Gasteiger partial charge is 0.478 e. The molecule has 3 rings (SSSR count). The molecule has 14 heteroatoms. The molecule has 0 aliphatic carbocycles. The van der Waals surface area contributed by atoms with Crippen LogP contribution >= 0.6 is 11.3 Å². The molecule has 0 saturated carbocycles. The second kappa shape index (κ2) is 10.3. The summed E-state index contributed by atoms with van der Waals surface area (Å²) in [6, 6.07) is 10.2. The van der Waals surface area contributed by atoms with E-state index in [1.807, 2.05) is 0 Å². The Morgan fingerprint density at radius 1 is 0.941 bits per heavy atom. The van der Waals surface area contributed by atoms with Gasteiger partial charge in [0.15, 0.2) is 0 Å². The first kappa shape index (κ1) is 26.3. The van der Waals surface area contributed by atoms with Gasteiger partial charge in [-0.25, -0.2) is 9.59 Å². The summed E-state index contributed by atoms with van der Waals surface area (Å²) in [6.07, 6.45) is -7.36. The molecule has 0 aliphatic heterocycles. The number of nitrogens with one attached hydrogen (secondary N) is 1. The first-order valence-corrected chi connectivity index (χ1v) is 9.58. The molecule has 0 aliphatic rings. The van der Waals surface area contributed by atoms with Crippen LogP contribution in [0.3, 0.4) is 0 Å². The summed E-state index contributed by atoms with van der Waals surface area (Å²) < 4.78 is 71.9. The SMILES string of the molecule is O=C(Nc1cnccc1C(=O)O)c1cc(-c2ccccc2)c(C(F)(F)F)s1.O=C(O)C(F)(F)F. The average molecular weight is 506 g/mol. The molecular formula is C20H12F6N2O5S. The minimum atomic E-state index is -5.08. The van der Waals surface area contributed by atoms with Crippen LogP contribution in [-0.2, 0) is 11.0 Å². The Morgan fingerprint density at radius 3 is 2.03 bits per heavy atom. The molecule has 0 radical (unpaired) electrons. The highest BCUT2D eigenvalue weighted by molar-refractivity contribution is 7.14. The zero-order chi connectivity index (χ0) is 25.7. The standard InChI is InChI=1S/C18H11F3N2O3S.C2HF3O2/c19-18(20,21)15-12(10-4-2-1-3-5-10)8-14(27-15)16(24)23-13-9-22-7-6-11(13)17(25)26;3-2(4,5)1(6)7/h1-9H,(H,23,24)(H,25,26);(H,6,7).